The van der Waals surface area contributed by atoms with Crippen molar-refractivity contribution >= 4 is 27.7 Å². The molecule has 0 radical (unpaired) electrons. The molecule has 0 bridgehead atoms. The minimum atomic E-state index is -0.519. The van der Waals surface area contributed by atoms with E-state index in [-0.39, 0.29) is 0 Å². The molecule has 0 saturated carbocycles. The fourth-order valence-electron chi connectivity index (χ4n) is 1.97. The summed E-state index contributed by atoms with van der Waals surface area (Å²) in [4.78, 5) is 0. The van der Waals surface area contributed by atoms with Crippen molar-refractivity contribution in [2.75, 3.05) is 5.75 Å². The highest BCUT2D eigenvalue weighted by Crippen LogP contribution is 2.38. The molecule has 0 amide bonds. The van der Waals surface area contributed by atoms with Crippen LogP contribution in [-0.2, 0) is 6.42 Å². The van der Waals surface area contributed by atoms with Crippen LogP contribution in [0.5, 0.6) is 0 Å². The van der Waals surface area contributed by atoms with Gasteiger partial charge in [-0.05, 0) is 23.8 Å². The lowest BCUT2D eigenvalue weighted by molar-refractivity contribution is 0.0463. The van der Waals surface area contributed by atoms with E-state index in [9.17, 15) is 5.11 Å². The molecule has 3 heteroatoms. The summed E-state index contributed by atoms with van der Waals surface area (Å²) >= 11 is 5.39. The SMILES string of the molecule is CC1SCCC1(O)Cc1ccccc1Br. The van der Waals surface area contributed by atoms with Crippen LogP contribution in [0.25, 0.3) is 0 Å². The average molecular weight is 287 g/mol. The monoisotopic (exact) mass is 286 g/mol. The second kappa shape index (κ2) is 4.48. The molecule has 2 rings (SSSR count). The van der Waals surface area contributed by atoms with E-state index in [2.05, 4.69) is 28.9 Å². The molecule has 1 heterocycles. The average Bonchev–Trinajstić information content (AvgIpc) is 2.51. The van der Waals surface area contributed by atoms with Crippen LogP contribution < -0.4 is 0 Å². The van der Waals surface area contributed by atoms with Crippen molar-refractivity contribution < 1.29 is 5.11 Å². The van der Waals surface area contributed by atoms with Crippen molar-refractivity contribution in [2.45, 2.75) is 30.6 Å². The number of thioether (sulfide) groups is 1. The zero-order valence-electron chi connectivity index (χ0n) is 8.74. The normalized spacial score (nSPS) is 30.7. The van der Waals surface area contributed by atoms with Gasteiger partial charge in [0.25, 0.3) is 0 Å². The molecular formula is C12H15BrOS. The van der Waals surface area contributed by atoms with Crippen LogP contribution in [0.4, 0.5) is 0 Å². The maximum Gasteiger partial charge on any atom is 0.0811 e. The molecule has 2 unspecified atom stereocenters. The van der Waals surface area contributed by atoms with Crippen molar-refractivity contribution in [3.8, 4) is 0 Å². The topological polar surface area (TPSA) is 20.2 Å². The molecule has 82 valence electrons. The molecule has 1 N–H and O–H groups in total. The minimum absolute atomic E-state index is 0.338. The summed E-state index contributed by atoms with van der Waals surface area (Å²) in [7, 11) is 0. The molecule has 1 aliphatic rings. The summed E-state index contributed by atoms with van der Waals surface area (Å²) in [5.41, 5.74) is 0.684. The first-order chi connectivity index (χ1) is 7.12. The van der Waals surface area contributed by atoms with Crippen LogP contribution in [0.2, 0.25) is 0 Å². The van der Waals surface area contributed by atoms with Crippen LogP contribution >= 0.6 is 27.7 Å². The third-order valence-electron chi connectivity index (χ3n) is 3.11. The molecule has 2 atom stereocenters. The van der Waals surface area contributed by atoms with Crippen LogP contribution in [0, 0.1) is 0 Å². The Labute approximate surface area is 103 Å². The summed E-state index contributed by atoms with van der Waals surface area (Å²) in [6, 6.07) is 8.14. The number of hydrogen-bond acceptors (Lipinski definition) is 2. The molecule has 0 aliphatic carbocycles. The summed E-state index contributed by atoms with van der Waals surface area (Å²) in [5, 5.41) is 10.8. The Morgan fingerprint density at radius 1 is 1.53 bits per heavy atom. The number of halogens is 1. The van der Waals surface area contributed by atoms with Crippen LogP contribution in [0.1, 0.15) is 18.9 Å². The van der Waals surface area contributed by atoms with Gasteiger partial charge in [-0.3, -0.25) is 0 Å². The zero-order valence-corrected chi connectivity index (χ0v) is 11.1. The highest BCUT2D eigenvalue weighted by Gasteiger charge is 2.39. The van der Waals surface area contributed by atoms with Gasteiger partial charge in [0.2, 0.25) is 0 Å². The fraction of sp³-hybridized carbons (Fsp3) is 0.500. The molecule has 1 aromatic rings. The van der Waals surface area contributed by atoms with Gasteiger partial charge in [-0.25, -0.2) is 0 Å². The molecule has 15 heavy (non-hydrogen) atoms. The standard InChI is InChI=1S/C12H15BrOS/c1-9-12(14,6-7-15-9)8-10-4-2-3-5-11(10)13/h2-5,9,14H,6-8H2,1H3. The maximum atomic E-state index is 10.5. The van der Waals surface area contributed by atoms with Gasteiger partial charge in [0.05, 0.1) is 5.60 Å². The Morgan fingerprint density at radius 2 is 2.27 bits per heavy atom. The van der Waals surface area contributed by atoms with Gasteiger partial charge in [-0.2, -0.15) is 11.8 Å². The van der Waals surface area contributed by atoms with Gasteiger partial charge in [0.15, 0.2) is 0 Å². The van der Waals surface area contributed by atoms with Gasteiger partial charge < -0.3 is 5.11 Å². The number of benzene rings is 1. The summed E-state index contributed by atoms with van der Waals surface area (Å²) in [6.07, 6.45) is 1.66. The largest absolute Gasteiger partial charge is 0.388 e. The lowest BCUT2D eigenvalue weighted by atomic mass is 9.89. The lowest BCUT2D eigenvalue weighted by Gasteiger charge is -2.27. The van der Waals surface area contributed by atoms with Gasteiger partial charge in [-0.1, -0.05) is 41.1 Å². The second-order valence-electron chi connectivity index (χ2n) is 4.13. The molecule has 1 aliphatic heterocycles. The van der Waals surface area contributed by atoms with Crippen LogP contribution in [0.15, 0.2) is 28.7 Å². The van der Waals surface area contributed by atoms with Crippen molar-refractivity contribution in [1.29, 1.82) is 0 Å². The maximum absolute atomic E-state index is 10.5. The third-order valence-corrected chi connectivity index (χ3v) is 5.27. The van der Waals surface area contributed by atoms with Crippen molar-refractivity contribution in [3.05, 3.63) is 34.3 Å². The smallest absolute Gasteiger partial charge is 0.0811 e. The molecular weight excluding hydrogens is 272 g/mol. The van der Waals surface area contributed by atoms with Gasteiger partial charge in [0, 0.05) is 16.1 Å². The first-order valence-electron chi connectivity index (χ1n) is 5.19. The van der Waals surface area contributed by atoms with E-state index in [0.29, 0.717) is 5.25 Å². The van der Waals surface area contributed by atoms with Crippen molar-refractivity contribution in [3.63, 3.8) is 0 Å². The number of rotatable bonds is 2. The third kappa shape index (κ3) is 2.40. The number of aliphatic hydroxyl groups is 1. The Kier molecular flexibility index (Phi) is 3.43. The predicted molar refractivity (Wildman–Crippen MR) is 69.3 cm³/mol. The molecule has 1 fully saturated rings. The Balaban J connectivity index is 2.18. The molecule has 1 nitrogen and oxygen atoms in total. The van der Waals surface area contributed by atoms with Crippen molar-refractivity contribution in [1.82, 2.24) is 0 Å². The van der Waals surface area contributed by atoms with Crippen LogP contribution in [0.3, 0.4) is 0 Å². The fourth-order valence-corrected chi connectivity index (χ4v) is 3.74. The first kappa shape index (κ1) is 11.5. The highest BCUT2D eigenvalue weighted by molar-refractivity contribution is 9.10. The Hall–Kier alpha value is 0.01000. The molecule has 1 saturated heterocycles. The van der Waals surface area contributed by atoms with Gasteiger partial charge >= 0.3 is 0 Å². The summed E-state index contributed by atoms with van der Waals surface area (Å²) in [6.45, 7) is 2.12. The highest BCUT2D eigenvalue weighted by atomic mass is 79.9. The van der Waals surface area contributed by atoms with E-state index < -0.39 is 5.60 Å². The van der Waals surface area contributed by atoms with E-state index in [1.807, 2.05) is 30.0 Å². The van der Waals surface area contributed by atoms with E-state index in [0.717, 1.165) is 23.1 Å². The predicted octanol–water partition coefficient (Wildman–Crippen LogP) is 3.25. The zero-order chi connectivity index (χ0) is 10.9. The molecule has 0 spiro atoms. The Morgan fingerprint density at radius 3 is 2.87 bits per heavy atom. The molecule has 0 aromatic heterocycles. The van der Waals surface area contributed by atoms with Crippen LogP contribution in [-0.4, -0.2) is 21.7 Å². The quantitative estimate of drug-likeness (QED) is 0.901. The number of hydrogen-bond donors (Lipinski definition) is 1. The Bertz CT molecular complexity index is 355. The lowest BCUT2D eigenvalue weighted by Crippen LogP contribution is -2.37. The second-order valence-corrected chi connectivity index (χ2v) is 6.44. The van der Waals surface area contributed by atoms with E-state index in [4.69, 9.17) is 0 Å². The van der Waals surface area contributed by atoms with Gasteiger partial charge in [-0.15, -0.1) is 0 Å². The van der Waals surface area contributed by atoms with E-state index in [1.54, 1.807) is 0 Å². The van der Waals surface area contributed by atoms with Gasteiger partial charge in [0.1, 0.15) is 0 Å². The van der Waals surface area contributed by atoms with E-state index >= 15 is 0 Å². The van der Waals surface area contributed by atoms with Crippen molar-refractivity contribution in [2.24, 2.45) is 0 Å². The van der Waals surface area contributed by atoms with E-state index in [1.165, 1.54) is 5.56 Å². The minimum Gasteiger partial charge on any atom is -0.388 e. The summed E-state index contributed by atoms with van der Waals surface area (Å²) in [5.74, 6) is 1.07. The molecule has 1 aromatic carbocycles. The first-order valence-corrected chi connectivity index (χ1v) is 7.03. The summed E-state index contributed by atoms with van der Waals surface area (Å²) < 4.78 is 1.10.